The maximum absolute atomic E-state index is 11.7. The van der Waals surface area contributed by atoms with Crippen molar-refractivity contribution in [1.82, 2.24) is 0 Å². The molecule has 0 atom stereocenters. The highest BCUT2D eigenvalue weighted by molar-refractivity contribution is 6.18. The summed E-state index contributed by atoms with van der Waals surface area (Å²) in [4.78, 5) is 11.7. The number of primary amides is 1. The molecule has 3 nitrogen and oxygen atoms in total. The Morgan fingerprint density at radius 2 is 1.61 bits per heavy atom. The molecule has 0 spiro atoms. The lowest BCUT2D eigenvalue weighted by atomic mass is 9.96. The van der Waals surface area contributed by atoms with Gasteiger partial charge < -0.3 is 11.5 Å². The van der Waals surface area contributed by atoms with Crippen molar-refractivity contribution in [3.8, 4) is 0 Å². The highest BCUT2D eigenvalue weighted by Gasteiger charge is 2.12. The molecule has 3 aromatic rings. The van der Waals surface area contributed by atoms with Gasteiger partial charge >= 0.3 is 0 Å². The monoisotopic (exact) mass is 236 g/mol. The van der Waals surface area contributed by atoms with Gasteiger partial charge in [0.25, 0.3) is 0 Å². The Labute approximate surface area is 104 Å². The van der Waals surface area contributed by atoms with Gasteiger partial charge in [-0.25, -0.2) is 0 Å². The van der Waals surface area contributed by atoms with E-state index in [1.807, 2.05) is 42.5 Å². The SMILES string of the molecule is NC(=O)c1c2ccccc2cc2ccc(N)cc12. The van der Waals surface area contributed by atoms with E-state index in [2.05, 4.69) is 0 Å². The van der Waals surface area contributed by atoms with Crippen LogP contribution in [0.15, 0.2) is 48.5 Å². The van der Waals surface area contributed by atoms with Crippen molar-refractivity contribution in [3.63, 3.8) is 0 Å². The van der Waals surface area contributed by atoms with Crippen LogP contribution in [0.25, 0.3) is 21.5 Å². The second-order valence-electron chi connectivity index (χ2n) is 4.32. The molecular weight excluding hydrogens is 224 g/mol. The molecule has 0 aliphatic carbocycles. The summed E-state index contributed by atoms with van der Waals surface area (Å²) in [5, 5.41) is 3.64. The first-order valence-electron chi connectivity index (χ1n) is 5.67. The number of nitrogen functional groups attached to an aromatic ring is 1. The van der Waals surface area contributed by atoms with Crippen LogP contribution >= 0.6 is 0 Å². The smallest absolute Gasteiger partial charge is 0.249 e. The number of nitrogens with two attached hydrogens (primary N) is 2. The van der Waals surface area contributed by atoms with E-state index in [1.165, 1.54) is 0 Å². The molecule has 3 rings (SSSR count). The van der Waals surface area contributed by atoms with E-state index >= 15 is 0 Å². The topological polar surface area (TPSA) is 69.1 Å². The molecular formula is C15H12N2O. The summed E-state index contributed by atoms with van der Waals surface area (Å²) in [6, 6.07) is 15.3. The molecule has 18 heavy (non-hydrogen) atoms. The van der Waals surface area contributed by atoms with Crippen LogP contribution in [0.3, 0.4) is 0 Å². The van der Waals surface area contributed by atoms with Gasteiger partial charge in [0.15, 0.2) is 0 Å². The van der Waals surface area contributed by atoms with Gasteiger partial charge in [-0.15, -0.1) is 0 Å². The molecule has 0 aliphatic rings. The number of anilines is 1. The van der Waals surface area contributed by atoms with Crippen molar-refractivity contribution in [3.05, 3.63) is 54.1 Å². The number of hydrogen-bond acceptors (Lipinski definition) is 2. The van der Waals surface area contributed by atoms with Crippen LogP contribution in [0, 0.1) is 0 Å². The van der Waals surface area contributed by atoms with Gasteiger partial charge in [0, 0.05) is 5.69 Å². The zero-order valence-corrected chi connectivity index (χ0v) is 9.68. The minimum absolute atomic E-state index is 0.428. The van der Waals surface area contributed by atoms with Crippen molar-refractivity contribution in [2.75, 3.05) is 5.73 Å². The fraction of sp³-hybridized carbons (Fsp3) is 0. The molecule has 0 unspecified atom stereocenters. The lowest BCUT2D eigenvalue weighted by Gasteiger charge is -2.09. The Bertz CT molecular complexity index is 778. The molecule has 3 heteroatoms. The summed E-state index contributed by atoms with van der Waals surface area (Å²) < 4.78 is 0. The number of benzene rings is 3. The van der Waals surface area contributed by atoms with Crippen LogP contribution in [0.2, 0.25) is 0 Å². The zero-order chi connectivity index (χ0) is 12.7. The van der Waals surface area contributed by atoms with E-state index in [0.29, 0.717) is 11.3 Å². The molecule has 0 saturated carbocycles. The molecule has 4 N–H and O–H groups in total. The standard InChI is InChI=1S/C15H12N2O/c16-11-6-5-10-7-9-3-1-2-4-12(9)14(15(17)18)13(10)8-11/h1-8H,16H2,(H2,17,18). The molecule has 0 fully saturated rings. The maximum Gasteiger partial charge on any atom is 0.249 e. The lowest BCUT2D eigenvalue weighted by molar-refractivity contribution is 0.100. The second-order valence-corrected chi connectivity index (χ2v) is 4.32. The Morgan fingerprint density at radius 1 is 0.889 bits per heavy atom. The summed E-state index contributed by atoms with van der Waals surface area (Å²) in [6.45, 7) is 0. The Kier molecular flexibility index (Phi) is 2.20. The molecule has 0 bridgehead atoms. The van der Waals surface area contributed by atoms with Crippen molar-refractivity contribution in [1.29, 1.82) is 0 Å². The molecule has 0 heterocycles. The Balaban J connectivity index is 2.59. The van der Waals surface area contributed by atoms with E-state index in [9.17, 15) is 4.79 Å². The van der Waals surface area contributed by atoms with E-state index in [1.54, 1.807) is 6.07 Å². The molecule has 3 aromatic carbocycles. The van der Waals surface area contributed by atoms with Crippen LogP contribution in [0.4, 0.5) is 5.69 Å². The number of rotatable bonds is 1. The quantitative estimate of drug-likeness (QED) is 0.503. The van der Waals surface area contributed by atoms with Gasteiger partial charge in [-0.05, 0) is 39.7 Å². The van der Waals surface area contributed by atoms with Crippen molar-refractivity contribution >= 4 is 33.1 Å². The summed E-state index contributed by atoms with van der Waals surface area (Å²) in [5.41, 5.74) is 12.5. The molecule has 0 saturated heterocycles. The number of hydrogen-bond donors (Lipinski definition) is 2. The van der Waals surface area contributed by atoms with E-state index in [4.69, 9.17) is 11.5 Å². The molecule has 1 amide bonds. The predicted molar refractivity (Wildman–Crippen MR) is 74.4 cm³/mol. The minimum Gasteiger partial charge on any atom is -0.399 e. The van der Waals surface area contributed by atoms with Crippen LogP contribution in [-0.4, -0.2) is 5.91 Å². The lowest BCUT2D eigenvalue weighted by Crippen LogP contribution is -2.12. The number of carbonyl (C=O) groups is 1. The zero-order valence-electron chi connectivity index (χ0n) is 9.68. The van der Waals surface area contributed by atoms with Gasteiger partial charge in [0.2, 0.25) is 5.91 Å². The number of fused-ring (bicyclic) bond motifs is 2. The third-order valence-corrected chi connectivity index (χ3v) is 3.13. The molecule has 0 radical (unpaired) electrons. The average Bonchev–Trinajstić information content (AvgIpc) is 2.35. The number of carbonyl (C=O) groups excluding carboxylic acids is 1. The molecule has 0 aromatic heterocycles. The van der Waals surface area contributed by atoms with Gasteiger partial charge in [-0.3, -0.25) is 4.79 Å². The fourth-order valence-electron chi connectivity index (χ4n) is 2.34. The first kappa shape index (κ1) is 10.6. The van der Waals surface area contributed by atoms with E-state index < -0.39 is 5.91 Å². The van der Waals surface area contributed by atoms with Crippen molar-refractivity contribution < 1.29 is 4.79 Å². The maximum atomic E-state index is 11.7. The second kappa shape index (κ2) is 3.74. The third-order valence-electron chi connectivity index (χ3n) is 3.13. The summed E-state index contributed by atoms with van der Waals surface area (Å²) in [6.07, 6.45) is 0. The van der Waals surface area contributed by atoms with Crippen LogP contribution in [-0.2, 0) is 0 Å². The highest BCUT2D eigenvalue weighted by atomic mass is 16.1. The summed E-state index contributed by atoms with van der Waals surface area (Å²) >= 11 is 0. The van der Waals surface area contributed by atoms with E-state index in [0.717, 1.165) is 21.5 Å². The normalized spacial score (nSPS) is 10.9. The van der Waals surface area contributed by atoms with Crippen molar-refractivity contribution in [2.45, 2.75) is 0 Å². The first-order valence-corrected chi connectivity index (χ1v) is 5.67. The average molecular weight is 236 g/mol. The Morgan fingerprint density at radius 3 is 2.39 bits per heavy atom. The van der Waals surface area contributed by atoms with Crippen LogP contribution in [0.1, 0.15) is 10.4 Å². The third kappa shape index (κ3) is 1.49. The predicted octanol–water partition coefficient (Wildman–Crippen LogP) is 2.67. The largest absolute Gasteiger partial charge is 0.399 e. The summed E-state index contributed by atoms with van der Waals surface area (Å²) in [5.74, 6) is -0.428. The highest BCUT2D eigenvalue weighted by Crippen LogP contribution is 2.29. The van der Waals surface area contributed by atoms with E-state index in [-0.39, 0.29) is 0 Å². The fourth-order valence-corrected chi connectivity index (χ4v) is 2.34. The van der Waals surface area contributed by atoms with Crippen LogP contribution < -0.4 is 11.5 Å². The molecule has 0 aliphatic heterocycles. The summed E-state index contributed by atoms with van der Waals surface area (Å²) in [7, 11) is 0. The first-order chi connectivity index (χ1) is 8.66. The number of amides is 1. The van der Waals surface area contributed by atoms with Crippen molar-refractivity contribution in [2.24, 2.45) is 5.73 Å². The van der Waals surface area contributed by atoms with Crippen LogP contribution in [0.5, 0.6) is 0 Å². The minimum atomic E-state index is -0.428. The van der Waals surface area contributed by atoms with Gasteiger partial charge in [0.05, 0.1) is 5.56 Å². The van der Waals surface area contributed by atoms with Gasteiger partial charge in [-0.2, -0.15) is 0 Å². The van der Waals surface area contributed by atoms with Gasteiger partial charge in [-0.1, -0.05) is 30.3 Å². The molecule has 88 valence electrons. The van der Waals surface area contributed by atoms with Gasteiger partial charge in [0.1, 0.15) is 0 Å². The Hall–Kier alpha value is -2.55.